The fourth-order valence-corrected chi connectivity index (χ4v) is 2.48. The number of hydrogen-bond acceptors (Lipinski definition) is 4. The maximum atomic E-state index is 9.72. The molecule has 0 aromatic heterocycles. The van der Waals surface area contributed by atoms with E-state index in [0.29, 0.717) is 13.2 Å². The maximum absolute atomic E-state index is 9.72. The minimum atomic E-state index is -0.590. The van der Waals surface area contributed by atoms with Gasteiger partial charge in [0.05, 0.1) is 6.61 Å². The van der Waals surface area contributed by atoms with E-state index in [1.165, 1.54) is 11.1 Å². The molecule has 4 heteroatoms. The molecule has 1 aliphatic rings. The molecule has 1 aromatic rings. The molecule has 4 nitrogen and oxygen atoms in total. The minimum absolute atomic E-state index is 0.112. The van der Waals surface area contributed by atoms with Crippen molar-refractivity contribution in [1.29, 1.82) is 0 Å². The highest BCUT2D eigenvalue weighted by Gasteiger charge is 2.20. The van der Waals surface area contributed by atoms with Crippen LogP contribution in [0.15, 0.2) is 18.2 Å². The van der Waals surface area contributed by atoms with E-state index >= 15 is 0 Å². The Hall–Kier alpha value is -1.10. The molecule has 0 saturated carbocycles. The van der Waals surface area contributed by atoms with Crippen molar-refractivity contribution in [3.8, 4) is 5.75 Å². The summed E-state index contributed by atoms with van der Waals surface area (Å²) in [5.74, 6) is 0.850. The van der Waals surface area contributed by atoms with Crippen LogP contribution in [0.4, 0.5) is 0 Å². The normalized spacial score (nSPS) is 19.8. The Morgan fingerprint density at radius 3 is 3.05 bits per heavy atom. The first kappa shape index (κ1) is 14.3. The molecule has 0 spiro atoms. The van der Waals surface area contributed by atoms with Crippen LogP contribution < -0.4 is 10.5 Å². The van der Waals surface area contributed by atoms with E-state index in [-0.39, 0.29) is 12.6 Å². The number of fused-ring (bicyclic) bond motifs is 1. The van der Waals surface area contributed by atoms with Gasteiger partial charge in [0.2, 0.25) is 0 Å². The van der Waals surface area contributed by atoms with E-state index in [0.717, 1.165) is 25.0 Å². The van der Waals surface area contributed by atoms with Crippen molar-refractivity contribution in [2.24, 2.45) is 5.73 Å². The van der Waals surface area contributed by atoms with E-state index in [1.807, 2.05) is 19.1 Å². The monoisotopic (exact) mass is 265 g/mol. The lowest BCUT2D eigenvalue weighted by atomic mass is 9.87. The largest absolute Gasteiger partial charge is 0.491 e. The zero-order valence-electron chi connectivity index (χ0n) is 11.5. The molecule has 0 amide bonds. The first-order valence-electron chi connectivity index (χ1n) is 6.98. The summed E-state index contributed by atoms with van der Waals surface area (Å²) in [7, 11) is 0. The predicted octanol–water partition coefficient (Wildman–Crippen LogP) is 1.80. The van der Waals surface area contributed by atoms with Gasteiger partial charge in [-0.05, 0) is 43.4 Å². The molecule has 0 radical (unpaired) electrons. The fraction of sp³-hybridized carbons (Fsp3) is 0.600. The Bertz CT molecular complexity index is 408. The van der Waals surface area contributed by atoms with Crippen LogP contribution in [0.3, 0.4) is 0 Å². The van der Waals surface area contributed by atoms with Gasteiger partial charge in [0.25, 0.3) is 0 Å². The lowest BCUT2D eigenvalue weighted by Crippen LogP contribution is -2.24. The van der Waals surface area contributed by atoms with Crippen molar-refractivity contribution in [3.05, 3.63) is 29.3 Å². The number of aliphatic hydroxyl groups is 1. The summed E-state index contributed by atoms with van der Waals surface area (Å²) in [6.45, 7) is 3.08. The molecule has 0 bridgehead atoms. The molecule has 106 valence electrons. The van der Waals surface area contributed by atoms with E-state index < -0.39 is 6.10 Å². The standard InChI is InChI=1S/C15H23NO3/c1-2-18-9-11(17)10-19-15-8-4-5-12-13(15)6-3-7-14(12)16/h4-5,8,11,14,17H,2-3,6-7,9-10,16H2,1H3. The third-order valence-corrected chi connectivity index (χ3v) is 3.46. The van der Waals surface area contributed by atoms with E-state index in [1.54, 1.807) is 0 Å². The number of rotatable bonds is 6. The second-order valence-electron chi connectivity index (χ2n) is 4.95. The summed E-state index contributed by atoms with van der Waals surface area (Å²) in [6, 6.07) is 6.10. The molecule has 0 heterocycles. The van der Waals surface area contributed by atoms with Crippen LogP contribution in [-0.2, 0) is 11.2 Å². The Balaban J connectivity index is 1.99. The van der Waals surface area contributed by atoms with Crippen LogP contribution in [0.5, 0.6) is 5.75 Å². The van der Waals surface area contributed by atoms with Crippen molar-refractivity contribution in [2.45, 2.75) is 38.3 Å². The molecule has 0 fully saturated rings. The van der Waals surface area contributed by atoms with Gasteiger partial charge < -0.3 is 20.3 Å². The van der Waals surface area contributed by atoms with Gasteiger partial charge >= 0.3 is 0 Å². The smallest absolute Gasteiger partial charge is 0.122 e. The number of nitrogens with two attached hydrogens (primary N) is 1. The Morgan fingerprint density at radius 1 is 1.42 bits per heavy atom. The van der Waals surface area contributed by atoms with Crippen molar-refractivity contribution in [1.82, 2.24) is 0 Å². The van der Waals surface area contributed by atoms with Gasteiger partial charge in [0.15, 0.2) is 0 Å². The average Bonchev–Trinajstić information content (AvgIpc) is 2.43. The summed E-state index contributed by atoms with van der Waals surface area (Å²) >= 11 is 0. The third kappa shape index (κ3) is 3.69. The third-order valence-electron chi connectivity index (χ3n) is 3.46. The molecule has 0 saturated heterocycles. The van der Waals surface area contributed by atoms with E-state index in [9.17, 15) is 5.11 Å². The Kier molecular flexibility index (Phi) is 5.19. The SMILES string of the molecule is CCOCC(O)COc1cccc2c1CCCC2N. The lowest BCUT2D eigenvalue weighted by molar-refractivity contribution is 0.0162. The molecule has 19 heavy (non-hydrogen) atoms. The molecule has 1 aromatic carbocycles. The molecule has 3 N–H and O–H groups in total. The molecular weight excluding hydrogens is 242 g/mol. The molecule has 2 unspecified atom stereocenters. The number of aliphatic hydroxyl groups excluding tert-OH is 1. The maximum Gasteiger partial charge on any atom is 0.122 e. The quantitative estimate of drug-likeness (QED) is 0.823. The Labute approximate surface area is 114 Å². The van der Waals surface area contributed by atoms with Gasteiger partial charge in [-0.2, -0.15) is 0 Å². The summed E-state index contributed by atoms with van der Waals surface area (Å²) in [5.41, 5.74) is 8.49. The number of ether oxygens (including phenoxy) is 2. The molecule has 0 aliphatic heterocycles. The van der Waals surface area contributed by atoms with E-state index in [4.69, 9.17) is 15.2 Å². The predicted molar refractivity (Wildman–Crippen MR) is 74.3 cm³/mol. The first-order valence-corrected chi connectivity index (χ1v) is 6.98. The highest BCUT2D eigenvalue weighted by Crippen LogP contribution is 2.33. The van der Waals surface area contributed by atoms with Crippen LogP contribution in [0.25, 0.3) is 0 Å². The highest BCUT2D eigenvalue weighted by atomic mass is 16.5. The summed E-state index contributed by atoms with van der Waals surface area (Å²) in [4.78, 5) is 0. The van der Waals surface area contributed by atoms with Crippen LogP contribution in [0.2, 0.25) is 0 Å². The zero-order valence-corrected chi connectivity index (χ0v) is 11.5. The molecule has 2 rings (SSSR count). The van der Waals surface area contributed by atoms with E-state index in [2.05, 4.69) is 6.07 Å². The zero-order chi connectivity index (χ0) is 13.7. The van der Waals surface area contributed by atoms with Gasteiger partial charge in [-0.15, -0.1) is 0 Å². The minimum Gasteiger partial charge on any atom is -0.491 e. The van der Waals surface area contributed by atoms with Crippen LogP contribution in [-0.4, -0.2) is 31.0 Å². The molecular formula is C15H23NO3. The molecule has 1 aliphatic carbocycles. The van der Waals surface area contributed by atoms with Crippen molar-refractivity contribution in [2.75, 3.05) is 19.8 Å². The fourth-order valence-electron chi connectivity index (χ4n) is 2.48. The number of hydrogen-bond donors (Lipinski definition) is 2. The van der Waals surface area contributed by atoms with Crippen LogP contribution in [0, 0.1) is 0 Å². The first-order chi connectivity index (χ1) is 9.22. The van der Waals surface area contributed by atoms with Crippen molar-refractivity contribution in [3.63, 3.8) is 0 Å². The van der Waals surface area contributed by atoms with Gasteiger partial charge in [-0.25, -0.2) is 0 Å². The van der Waals surface area contributed by atoms with Gasteiger partial charge in [-0.1, -0.05) is 12.1 Å². The summed E-state index contributed by atoms with van der Waals surface area (Å²) in [6.07, 6.45) is 2.54. The average molecular weight is 265 g/mol. The van der Waals surface area contributed by atoms with Crippen molar-refractivity contribution < 1.29 is 14.6 Å². The highest BCUT2D eigenvalue weighted by molar-refractivity contribution is 5.43. The second-order valence-corrected chi connectivity index (χ2v) is 4.95. The van der Waals surface area contributed by atoms with Crippen LogP contribution in [0.1, 0.15) is 36.9 Å². The van der Waals surface area contributed by atoms with Crippen molar-refractivity contribution >= 4 is 0 Å². The Morgan fingerprint density at radius 2 is 2.26 bits per heavy atom. The lowest BCUT2D eigenvalue weighted by Gasteiger charge is -2.24. The topological polar surface area (TPSA) is 64.7 Å². The van der Waals surface area contributed by atoms with Gasteiger partial charge in [0.1, 0.15) is 18.5 Å². The molecule has 2 atom stereocenters. The van der Waals surface area contributed by atoms with Gasteiger partial charge in [0, 0.05) is 12.6 Å². The van der Waals surface area contributed by atoms with Gasteiger partial charge in [-0.3, -0.25) is 0 Å². The second kappa shape index (κ2) is 6.89. The van der Waals surface area contributed by atoms with Crippen LogP contribution >= 0.6 is 0 Å². The summed E-state index contributed by atoms with van der Waals surface area (Å²) < 4.78 is 10.9. The number of benzene rings is 1. The summed E-state index contributed by atoms with van der Waals surface area (Å²) in [5, 5.41) is 9.72.